The third kappa shape index (κ3) is 3.35. The van der Waals surface area contributed by atoms with Crippen LogP contribution in [0.25, 0.3) is 0 Å². The first-order valence-corrected chi connectivity index (χ1v) is 6.31. The van der Waals surface area contributed by atoms with E-state index in [1.165, 1.54) is 13.2 Å². The molecule has 2 aromatic carbocycles. The molecule has 0 saturated carbocycles. The number of ether oxygens (including phenoxy) is 1. The zero-order valence-electron chi connectivity index (χ0n) is 11.2. The second-order valence-corrected chi connectivity index (χ2v) is 4.54. The minimum Gasteiger partial charge on any atom is -0.465 e. The predicted octanol–water partition coefficient (Wildman–Crippen LogP) is 2.98. The Labute approximate surface area is 117 Å². The number of carbonyl (C=O) groups is 1. The van der Waals surface area contributed by atoms with Gasteiger partial charge in [0.05, 0.1) is 12.7 Å². The summed E-state index contributed by atoms with van der Waals surface area (Å²) in [6.07, 6.45) is 1.28. The van der Waals surface area contributed by atoms with Gasteiger partial charge in [-0.1, -0.05) is 18.2 Å². The van der Waals surface area contributed by atoms with E-state index in [9.17, 15) is 9.18 Å². The summed E-state index contributed by atoms with van der Waals surface area (Å²) in [5.74, 6) is -0.919. The predicted molar refractivity (Wildman–Crippen MR) is 76.0 cm³/mol. The van der Waals surface area contributed by atoms with Gasteiger partial charge in [-0.15, -0.1) is 0 Å². The second-order valence-electron chi connectivity index (χ2n) is 4.54. The molecular weight excluding hydrogens is 257 g/mol. The Balaban J connectivity index is 2.06. The highest BCUT2D eigenvalue weighted by Crippen LogP contribution is 2.15. The molecule has 2 N–H and O–H groups in total. The Morgan fingerprint density at radius 3 is 2.45 bits per heavy atom. The van der Waals surface area contributed by atoms with Gasteiger partial charge in [0.1, 0.15) is 5.82 Å². The zero-order valence-corrected chi connectivity index (χ0v) is 11.2. The van der Waals surface area contributed by atoms with Gasteiger partial charge in [0.25, 0.3) is 0 Å². The lowest BCUT2D eigenvalue weighted by Crippen LogP contribution is -2.03. The standard InChI is InChI=1S/C16H16FNO2/c1-20-16(19)13-7-6-12(15(17)10-13)5-2-11-3-8-14(18)9-4-11/h3-4,6-10H,2,5,18H2,1H3. The van der Waals surface area contributed by atoms with Crippen molar-refractivity contribution in [1.82, 2.24) is 0 Å². The smallest absolute Gasteiger partial charge is 0.337 e. The number of esters is 1. The van der Waals surface area contributed by atoms with Gasteiger partial charge in [-0.25, -0.2) is 9.18 Å². The van der Waals surface area contributed by atoms with E-state index in [4.69, 9.17) is 5.73 Å². The van der Waals surface area contributed by atoms with Crippen LogP contribution in [0.15, 0.2) is 42.5 Å². The maximum Gasteiger partial charge on any atom is 0.337 e. The number of nitrogens with two attached hydrogens (primary N) is 1. The summed E-state index contributed by atoms with van der Waals surface area (Å²) in [4.78, 5) is 11.3. The SMILES string of the molecule is COC(=O)c1ccc(CCc2ccc(N)cc2)c(F)c1. The van der Waals surface area contributed by atoms with Crippen LogP contribution in [0.4, 0.5) is 10.1 Å². The number of hydrogen-bond acceptors (Lipinski definition) is 3. The number of carbonyl (C=O) groups excluding carboxylic acids is 1. The summed E-state index contributed by atoms with van der Waals surface area (Å²) >= 11 is 0. The highest BCUT2D eigenvalue weighted by molar-refractivity contribution is 5.89. The van der Waals surface area contributed by atoms with Crippen LogP contribution in [-0.4, -0.2) is 13.1 Å². The van der Waals surface area contributed by atoms with Gasteiger partial charge < -0.3 is 10.5 Å². The van der Waals surface area contributed by atoms with Crippen LogP contribution in [0.2, 0.25) is 0 Å². The normalized spacial score (nSPS) is 10.3. The van der Waals surface area contributed by atoms with E-state index in [-0.39, 0.29) is 11.4 Å². The first kappa shape index (κ1) is 14.1. The van der Waals surface area contributed by atoms with Crippen LogP contribution in [0, 0.1) is 5.82 Å². The first-order valence-electron chi connectivity index (χ1n) is 6.31. The van der Waals surface area contributed by atoms with Crippen LogP contribution in [0.5, 0.6) is 0 Å². The van der Waals surface area contributed by atoms with Crippen molar-refractivity contribution in [3.05, 3.63) is 65.0 Å². The van der Waals surface area contributed by atoms with E-state index in [2.05, 4.69) is 4.74 Å². The van der Waals surface area contributed by atoms with Crippen LogP contribution >= 0.6 is 0 Å². The largest absolute Gasteiger partial charge is 0.465 e. The molecule has 0 aliphatic rings. The van der Waals surface area contributed by atoms with Gasteiger partial charge in [-0.05, 0) is 48.2 Å². The number of benzene rings is 2. The monoisotopic (exact) mass is 273 g/mol. The first-order chi connectivity index (χ1) is 9.60. The van der Waals surface area contributed by atoms with Crippen molar-refractivity contribution in [2.24, 2.45) is 0 Å². The van der Waals surface area contributed by atoms with Crippen molar-refractivity contribution in [2.45, 2.75) is 12.8 Å². The van der Waals surface area contributed by atoms with E-state index in [0.29, 0.717) is 17.7 Å². The van der Waals surface area contributed by atoms with Crippen molar-refractivity contribution in [3.63, 3.8) is 0 Å². The molecule has 2 aromatic rings. The molecule has 0 aromatic heterocycles. The molecule has 0 amide bonds. The van der Waals surface area contributed by atoms with Gasteiger partial charge in [0.15, 0.2) is 0 Å². The second kappa shape index (κ2) is 6.19. The zero-order chi connectivity index (χ0) is 14.5. The molecule has 2 rings (SSSR count). The minimum atomic E-state index is -0.533. The van der Waals surface area contributed by atoms with Crippen LogP contribution < -0.4 is 5.73 Å². The quantitative estimate of drug-likeness (QED) is 0.688. The molecule has 0 fully saturated rings. The fourth-order valence-electron chi connectivity index (χ4n) is 1.96. The van der Waals surface area contributed by atoms with Crippen LogP contribution in [-0.2, 0) is 17.6 Å². The summed E-state index contributed by atoms with van der Waals surface area (Å²) < 4.78 is 18.4. The molecular formula is C16H16FNO2. The molecule has 0 unspecified atom stereocenters. The molecule has 20 heavy (non-hydrogen) atoms. The minimum absolute atomic E-state index is 0.223. The average Bonchev–Trinajstić information content (AvgIpc) is 2.46. The number of aryl methyl sites for hydroxylation is 2. The van der Waals surface area contributed by atoms with Gasteiger partial charge in [0, 0.05) is 5.69 Å². The van der Waals surface area contributed by atoms with E-state index in [1.807, 2.05) is 24.3 Å². The lowest BCUT2D eigenvalue weighted by atomic mass is 10.0. The van der Waals surface area contributed by atoms with Gasteiger partial charge in [-0.3, -0.25) is 0 Å². The van der Waals surface area contributed by atoms with E-state index in [1.54, 1.807) is 12.1 Å². The summed E-state index contributed by atoms with van der Waals surface area (Å²) in [5, 5.41) is 0. The van der Waals surface area contributed by atoms with Gasteiger partial charge in [-0.2, -0.15) is 0 Å². The summed E-state index contributed by atoms with van der Waals surface area (Å²) in [7, 11) is 1.27. The third-order valence-electron chi connectivity index (χ3n) is 3.14. The molecule has 0 saturated heterocycles. The summed E-state index contributed by atoms with van der Waals surface area (Å²) in [6, 6.07) is 11.9. The number of hydrogen-bond donors (Lipinski definition) is 1. The van der Waals surface area contributed by atoms with E-state index in [0.717, 1.165) is 12.0 Å². The van der Waals surface area contributed by atoms with Crippen LogP contribution in [0.3, 0.4) is 0 Å². The Kier molecular flexibility index (Phi) is 4.35. The number of rotatable bonds is 4. The highest BCUT2D eigenvalue weighted by atomic mass is 19.1. The fourth-order valence-corrected chi connectivity index (χ4v) is 1.96. The number of nitrogen functional groups attached to an aromatic ring is 1. The Morgan fingerprint density at radius 2 is 1.85 bits per heavy atom. The molecule has 0 heterocycles. The van der Waals surface area contributed by atoms with Crippen molar-refractivity contribution < 1.29 is 13.9 Å². The van der Waals surface area contributed by atoms with Crippen molar-refractivity contribution >= 4 is 11.7 Å². The molecule has 0 aliphatic carbocycles. The molecule has 0 atom stereocenters. The van der Waals surface area contributed by atoms with Crippen LogP contribution in [0.1, 0.15) is 21.5 Å². The Bertz CT molecular complexity index is 608. The Hall–Kier alpha value is -2.36. The van der Waals surface area contributed by atoms with Crippen molar-refractivity contribution in [2.75, 3.05) is 12.8 Å². The average molecular weight is 273 g/mol. The molecule has 0 bridgehead atoms. The molecule has 3 nitrogen and oxygen atoms in total. The third-order valence-corrected chi connectivity index (χ3v) is 3.14. The van der Waals surface area contributed by atoms with Crippen molar-refractivity contribution in [1.29, 1.82) is 0 Å². The van der Waals surface area contributed by atoms with E-state index >= 15 is 0 Å². The lowest BCUT2D eigenvalue weighted by Gasteiger charge is -2.06. The number of methoxy groups -OCH3 is 1. The summed E-state index contributed by atoms with van der Waals surface area (Å²) in [5.41, 5.74) is 8.22. The molecule has 4 heteroatoms. The Morgan fingerprint density at radius 1 is 1.15 bits per heavy atom. The maximum absolute atomic E-state index is 13.9. The number of halogens is 1. The topological polar surface area (TPSA) is 52.3 Å². The molecule has 0 spiro atoms. The summed E-state index contributed by atoms with van der Waals surface area (Å²) in [6.45, 7) is 0. The highest BCUT2D eigenvalue weighted by Gasteiger charge is 2.09. The number of anilines is 1. The lowest BCUT2D eigenvalue weighted by molar-refractivity contribution is 0.0600. The fraction of sp³-hybridized carbons (Fsp3) is 0.188. The van der Waals surface area contributed by atoms with Crippen molar-refractivity contribution in [3.8, 4) is 0 Å². The van der Waals surface area contributed by atoms with Gasteiger partial charge in [0.2, 0.25) is 0 Å². The maximum atomic E-state index is 13.9. The molecule has 0 aliphatic heterocycles. The van der Waals surface area contributed by atoms with Gasteiger partial charge >= 0.3 is 5.97 Å². The molecule has 104 valence electrons. The molecule has 0 radical (unpaired) electrons. The van der Waals surface area contributed by atoms with E-state index < -0.39 is 5.97 Å².